The molecule has 7 nitrogen and oxygen atoms in total. The summed E-state index contributed by atoms with van der Waals surface area (Å²) in [6.45, 7) is 0. The van der Waals surface area contributed by atoms with Gasteiger partial charge in [0.1, 0.15) is 5.75 Å². The molecule has 0 saturated carbocycles. The number of carbonyl (C=O) groups is 1. The van der Waals surface area contributed by atoms with E-state index in [0.717, 1.165) is 0 Å². The molecule has 0 unspecified atom stereocenters. The van der Waals surface area contributed by atoms with Gasteiger partial charge in [-0.05, 0) is 24.3 Å². The standard InChI is InChI=1S/C15H14N2O5/c1-21-13-6-4-3-5-11(13)16-15(18)10-7-8-14(22-2)12(9-10)17(19)20/h3-9H,1-2H3,(H,16,18). The molecule has 0 aliphatic rings. The van der Waals surface area contributed by atoms with Gasteiger partial charge in [0.15, 0.2) is 5.75 Å². The second-order valence-electron chi connectivity index (χ2n) is 4.30. The number of amides is 1. The predicted octanol–water partition coefficient (Wildman–Crippen LogP) is 2.86. The Morgan fingerprint density at radius 1 is 1.09 bits per heavy atom. The Morgan fingerprint density at radius 3 is 2.41 bits per heavy atom. The van der Waals surface area contributed by atoms with Gasteiger partial charge in [-0.25, -0.2) is 0 Å². The minimum Gasteiger partial charge on any atom is -0.495 e. The van der Waals surface area contributed by atoms with E-state index in [1.54, 1.807) is 24.3 Å². The molecule has 2 aromatic carbocycles. The molecule has 7 heteroatoms. The number of hydrogen-bond acceptors (Lipinski definition) is 5. The molecule has 0 bridgehead atoms. The first kappa shape index (κ1) is 15.3. The topological polar surface area (TPSA) is 90.7 Å². The summed E-state index contributed by atoms with van der Waals surface area (Å²) in [5, 5.41) is 13.6. The second kappa shape index (κ2) is 6.57. The van der Waals surface area contributed by atoms with Crippen LogP contribution in [-0.4, -0.2) is 25.1 Å². The summed E-state index contributed by atoms with van der Waals surface area (Å²) in [4.78, 5) is 22.6. The van der Waals surface area contributed by atoms with Gasteiger partial charge in [-0.2, -0.15) is 0 Å². The largest absolute Gasteiger partial charge is 0.495 e. The number of nitrogens with zero attached hydrogens (tertiary/aromatic N) is 1. The molecular formula is C15H14N2O5. The van der Waals surface area contributed by atoms with Crippen LogP contribution >= 0.6 is 0 Å². The number of nitro groups is 1. The van der Waals surface area contributed by atoms with Crippen molar-refractivity contribution >= 4 is 17.3 Å². The van der Waals surface area contributed by atoms with Crippen LogP contribution < -0.4 is 14.8 Å². The molecule has 22 heavy (non-hydrogen) atoms. The number of hydrogen-bond donors (Lipinski definition) is 1. The van der Waals surface area contributed by atoms with Crippen LogP contribution in [0.1, 0.15) is 10.4 Å². The van der Waals surface area contributed by atoms with Crippen molar-refractivity contribution in [2.75, 3.05) is 19.5 Å². The summed E-state index contributed by atoms with van der Waals surface area (Å²) in [6.07, 6.45) is 0. The quantitative estimate of drug-likeness (QED) is 0.677. The lowest BCUT2D eigenvalue weighted by atomic mass is 10.1. The number of para-hydroxylation sites is 2. The zero-order valence-electron chi connectivity index (χ0n) is 12.0. The lowest BCUT2D eigenvalue weighted by Gasteiger charge is -2.10. The van der Waals surface area contributed by atoms with E-state index in [2.05, 4.69) is 5.32 Å². The molecule has 0 atom stereocenters. The molecule has 2 rings (SSSR count). The molecule has 1 N–H and O–H groups in total. The fourth-order valence-corrected chi connectivity index (χ4v) is 1.92. The maximum absolute atomic E-state index is 12.2. The van der Waals surface area contributed by atoms with Crippen molar-refractivity contribution in [3.05, 3.63) is 58.1 Å². The van der Waals surface area contributed by atoms with Crippen molar-refractivity contribution in [2.45, 2.75) is 0 Å². The molecule has 0 heterocycles. The van der Waals surface area contributed by atoms with Gasteiger partial charge in [0.25, 0.3) is 5.91 Å². The predicted molar refractivity (Wildman–Crippen MR) is 80.6 cm³/mol. The van der Waals surface area contributed by atoms with Crippen LogP contribution in [0.5, 0.6) is 11.5 Å². The van der Waals surface area contributed by atoms with Gasteiger partial charge in [0.2, 0.25) is 0 Å². The molecule has 0 aliphatic carbocycles. The van der Waals surface area contributed by atoms with Crippen molar-refractivity contribution < 1.29 is 19.2 Å². The minimum absolute atomic E-state index is 0.0961. The van der Waals surface area contributed by atoms with Gasteiger partial charge >= 0.3 is 5.69 Å². The summed E-state index contributed by atoms with van der Waals surface area (Å²) in [6, 6.07) is 10.9. The van der Waals surface area contributed by atoms with Crippen molar-refractivity contribution in [2.24, 2.45) is 0 Å². The molecule has 1 amide bonds. The van der Waals surface area contributed by atoms with Gasteiger partial charge in [-0.1, -0.05) is 12.1 Å². The van der Waals surface area contributed by atoms with Crippen molar-refractivity contribution in [3.63, 3.8) is 0 Å². The Kier molecular flexibility index (Phi) is 4.57. The molecule has 0 spiro atoms. The molecule has 114 valence electrons. The zero-order valence-corrected chi connectivity index (χ0v) is 12.0. The van der Waals surface area contributed by atoms with Crippen molar-refractivity contribution in [3.8, 4) is 11.5 Å². The Balaban J connectivity index is 2.30. The first-order chi connectivity index (χ1) is 10.6. The van der Waals surface area contributed by atoms with E-state index in [0.29, 0.717) is 11.4 Å². The normalized spacial score (nSPS) is 9.91. The van der Waals surface area contributed by atoms with E-state index in [4.69, 9.17) is 9.47 Å². The highest BCUT2D eigenvalue weighted by Crippen LogP contribution is 2.29. The number of nitrogens with one attached hydrogen (secondary N) is 1. The van der Waals surface area contributed by atoms with Crippen LogP contribution in [-0.2, 0) is 0 Å². The maximum atomic E-state index is 12.2. The van der Waals surface area contributed by atoms with E-state index in [1.165, 1.54) is 32.4 Å². The zero-order chi connectivity index (χ0) is 16.1. The SMILES string of the molecule is COc1ccccc1NC(=O)c1ccc(OC)c([N+](=O)[O-])c1. The number of rotatable bonds is 5. The molecule has 0 aliphatic heterocycles. The third-order valence-electron chi connectivity index (χ3n) is 2.99. The summed E-state index contributed by atoms with van der Waals surface area (Å²) < 4.78 is 10.0. The summed E-state index contributed by atoms with van der Waals surface area (Å²) in [5.74, 6) is 0.118. The van der Waals surface area contributed by atoms with Gasteiger partial charge in [0, 0.05) is 11.6 Å². The molecule has 0 fully saturated rings. The van der Waals surface area contributed by atoms with Gasteiger partial charge in [-0.3, -0.25) is 14.9 Å². The van der Waals surface area contributed by atoms with Crippen LogP contribution in [0.3, 0.4) is 0 Å². The Morgan fingerprint density at radius 2 is 1.77 bits per heavy atom. The van der Waals surface area contributed by atoms with Crippen molar-refractivity contribution in [1.82, 2.24) is 0 Å². The average molecular weight is 302 g/mol. The first-order valence-electron chi connectivity index (χ1n) is 6.33. The fourth-order valence-electron chi connectivity index (χ4n) is 1.92. The summed E-state index contributed by atoms with van der Waals surface area (Å²) in [7, 11) is 2.82. The number of methoxy groups -OCH3 is 2. The molecule has 0 radical (unpaired) electrons. The van der Waals surface area contributed by atoms with Gasteiger partial charge in [0.05, 0.1) is 24.8 Å². The summed E-state index contributed by atoms with van der Waals surface area (Å²) >= 11 is 0. The monoisotopic (exact) mass is 302 g/mol. The molecule has 2 aromatic rings. The van der Waals surface area contributed by atoms with Gasteiger partial charge < -0.3 is 14.8 Å². The lowest BCUT2D eigenvalue weighted by Crippen LogP contribution is -2.13. The molecule has 0 aromatic heterocycles. The number of ether oxygens (including phenoxy) is 2. The van der Waals surface area contributed by atoms with Crippen LogP contribution in [0.2, 0.25) is 0 Å². The number of benzene rings is 2. The van der Waals surface area contributed by atoms with E-state index in [1.807, 2.05) is 0 Å². The number of carbonyl (C=O) groups excluding carboxylic acids is 1. The van der Waals surface area contributed by atoms with E-state index in [9.17, 15) is 14.9 Å². The average Bonchev–Trinajstić information content (AvgIpc) is 2.54. The Bertz CT molecular complexity index is 715. The van der Waals surface area contributed by atoms with Crippen LogP contribution in [0, 0.1) is 10.1 Å². The van der Waals surface area contributed by atoms with E-state index >= 15 is 0 Å². The van der Waals surface area contributed by atoms with E-state index in [-0.39, 0.29) is 17.0 Å². The number of nitro benzene ring substituents is 1. The van der Waals surface area contributed by atoms with Crippen LogP contribution in [0.4, 0.5) is 11.4 Å². The highest BCUT2D eigenvalue weighted by Gasteiger charge is 2.18. The van der Waals surface area contributed by atoms with E-state index < -0.39 is 10.8 Å². The third kappa shape index (κ3) is 3.14. The van der Waals surface area contributed by atoms with Crippen molar-refractivity contribution in [1.29, 1.82) is 0 Å². The van der Waals surface area contributed by atoms with Crippen LogP contribution in [0.25, 0.3) is 0 Å². The smallest absolute Gasteiger partial charge is 0.311 e. The Labute approximate surface area is 126 Å². The number of anilines is 1. The molecular weight excluding hydrogens is 288 g/mol. The van der Waals surface area contributed by atoms with Crippen LogP contribution in [0.15, 0.2) is 42.5 Å². The Hall–Kier alpha value is -3.09. The van der Waals surface area contributed by atoms with Gasteiger partial charge in [-0.15, -0.1) is 0 Å². The lowest BCUT2D eigenvalue weighted by molar-refractivity contribution is -0.385. The fraction of sp³-hybridized carbons (Fsp3) is 0.133. The molecule has 0 saturated heterocycles. The minimum atomic E-state index is -0.598. The second-order valence-corrected chi connectivity index (χ2v) is 4.30. The third-order valence-corrected chi connectivity index (χ3v) is 2.99. The first-order valence-corrected chi connectivity index (χ1v) is 6.33. The summed E-state index contributed by atoms with van der Waals surface area (Å²) in [5.41, 5.74) is 0.363. The highest BCUT2D eigenvalue weighted by atomic mass is 16.6. The maximum Gasteiger partial charge on any atom is 0.311 e. The highest BCUT2D eigenvalue weighted by molar-refractivity contribution is 6.05.